The van der Waals surface area contributed by atoms with Crippen molar-refractivity contribution in [2.45, 2.75) is 43.3 Å². The minimum Gasteiger partial charge on any atom is -0.355 e. The van der Waals surface area contributed by atoms with Crippen LogP contribution in [0.5, 0.6) is 0 Å². The molecule has 2 aliphatic heterocycles. The number of carbonyl (C=O) groups is 2. The number of nitrogens with one attached hydrogen (secondary N) is 1. The highest BCUT2D eigenvalue weighted by atomic mass is 32.2. The van der Waals surface area contributed by atoms with Crippen molar-refractivity contribution in [3.8, 4) is 0 Å². The predicted molar refractivity (Wildman–Crippen MR) is 132 cm³/mol. The third-order valence-electron chi connectivity index (χ3n) is 6.74. The summed E-state index contributed by atoms with van der Waals surface area (Å²) in [5.74, 6) is -1.59. The molecule has 182 valence electrons. The molecule has 8 heteroatoms. The third kappa shape index (κ3) is 6.09. The normalized spacial score (nSPS) is 17.8. The maximum Gasteiger partial charge on any atom is 0.288 e. The van der Waals surface area contributed by atoms with Crippen LogP contribution < -0.4 is 5.32 Å². The molecule has 2 aromatic carbocycles. The topological polar surface area (TPSA) is 52.7 Å². The molecule has 0 aliphatic carbocycles. The van der Waals surface area contributed by atoms with Crippen LogP contribution in [0.3, 0.4) is 0 Å². The molecule has 2 aromatic rings. The van der Waals surface area contributed by atoms with E-state index in [4.69, 9.17) is 0 Å². The molecular formula is C26H31F2N3O2S. The van der Waals surface area contributed by atoms with Gasteiger partial charge < -0.3 is 15.1 Å². The van der Waals surface area contributed by atoms with Crippen molar-refractivity contribution in [3.63, 3.8) is 0 Å². The van der Waals surface area contributed by atoms with Crippen LogP contribution in [0, 0.1) is 11.8 Å². The molecule has 0 aromatic heterocycles. The number of likely N-dealkylation sites (tertiary alicyclic amines) is 2. The summed E-state index contributed by atoms with van der Waals surface area (Å²) in [4.78, 5) is 30.5. The summed E-state index contributed by atoms with van der Waals surface area (Å²) in [5.41, 5.74) is 1.95. The fourth-order valence-electron chi connectivity index (χ4n) is 4.64. The first-order valence-corrected chi connectivity index (χ1v) is 12.8. The Morgan fingerprint density at radius 1 is 0.912 bits per heavy atom. The molecule has 2 fully saturated rings. The first kappa shape index (κ1) is 24.5. The summed E-state index contributed by atoms with van der Waals surface area (Å²) in [6, 6.07) is 14.0. The first-order valence-electron chi connectivity index (χ1n) is 11.9. The number of alkyl halides is 2. The van der Waals surface area contributed by atoms with E-state index in [1.165, 1.54) is 0 Å². The molecule has 4 rings (SSSR count). The highest BCUT2D eigenvalue weighted by molar-refractivity contribution is 7.99. The number of rotatable bonds is 6. The van der Waals surface area contributed by atoms with Gasteiger partial charge in [0.15, 0.2) is 0 Å². The summed E-state index contributed by atoms with van der Waals surface area (Å²) >= 11 is 0.502. The lowest BCUT2D eigenvalue weighted by Crippen LogP contribution is -2.46. The predicted octanol–water partition coefficient (Wildman–Crippen LogP) is 5.86. The molecule has 1 N–H and O–H groups in total. The molecular weight excluding hydrogens is 456 g/mol. The third-order valence-corrected chi connectivity index (χ3v) is 7.47. The number of hydrogen-bond acceptors (Lipinski definition) is 4. The van der Waals surface area contributed by atoms with Gasteiger partial charge >= 0.3 is 0 Å². The molecule has 2 saturated heterocycles. The average molecular weight is 488 g/mol. The van der Waals surface area contributed by atoms with Gasteiger partial charge in [-0.05, 0) is 68.0 Å². The average Bonchev–Trinajstić information content (AvgIpc) is 2.85. The summed E-state index contributed by atoms with van der Waals surface area (Å²) in [6.45, 7) is 5.06. The number of thioether (sulfide) groups is 1. The summed E-state index contributed by atoms with van der Waals surface area (Å²) < 4.78 is 25.1. The molecule has 5 nitrogen and oxygen atoms in total. The Morgan fingerprint density at radius 2 is 1.53 bits per heavy atom. The quantitative estimate of drug-likeness (QED) is 0.519. The number of benzene rings is 2. The summed E-state index contributed by atoms with van der Waals surface area (Å²) in [5, 5.41) is 3.24. The van der Waals surface area contributed by atoms with E-state index < -0.39 is 5.76 Å². The van der Waals surface area contributed by atoms with E-state index in [0.717, 1.165) is 31.6 Å². The Balaban J connectivity index is 1.36. The van der Waals surface area contributed by atoms with Crippen molar-refractivity contribution in [2.24, 2.45) is 11.8 Å². The lowest BCUT2D eigenvalue weighted by Gasteiger charge is -2.37. The standard InChI is InChI=1S/C26H31F2N3O2S/c1-18-10-14-30(15-11-18)24(32)19-12-16-31(17-13-19)25(33)22-4-2-3-5-23(22)29-20-6-8-21(9-7-20)34-26(27)28/h2-9,18-19,26,29H,10-17H2,1H3. The summed E-state index contributed by atoms with van der Waals surface area (Å²) in [6.07, 6.45) is 3.52. The number of nitrogens with zero attached hydrogens (tertiary/aromatic N) is 2. The Labute approximate surface area is 203 Å². The maximum absolute atomic E-state index is 13.3. The van der Waals surface area contributed by atoms with Gasteiger partial charge in [-0.3, -0.25) is 9.59 Å². The Bertz CT molecular complexity index is 986. The number of anilines is 2. The van der Waals surface area contributed by atoms with E-state index in [2.05, 4.69) is 12.2 Å². The molecule has 2 aliphatic rings. The minimum absolute atomic E-state index is 0.00421. The zero-order chi connectivity index (χ0) is 24.1. The lowest BCUT2D eigenvalue weighted by atomic mass is 9.92. The maximum atomic E-state index is 13.3. The van der Waals surface area contributed by atoms with Crippen LogP contribution in [-0.2, 0) is 4.79 Å². The van der Waals surface area contributed by atoms with Gasteiger partial charge in [0, 0.05) is 42.7 Å². The zero-order valence-electron chi connectivity index (χ0n) is 19.4. The van der Waals surface area contributed by atoms with Crippen molar-refractivity contribution in [2.75, 3.05) is 31.5 Å². The molecule has 0 spiro atoms. The van der Waals surface area contributed by atoms with Crippen LogP contribution in [0.15, 0.2) is 53.4 Å². The Hall–Kier alpha value is -2.61. The van der Waals surface area contributed by atoms with Gasteiger partial charge in [-0.1, -0.05) is 30.8 Å². The van der Waals surface area contributed by atoms with Crippen molar-refractivity contribution >= 4 is 35.0 Å². The second-order valence-corrected chi connectivity index (χ2v) is 10.2. The van der Waals surface area contributed by atoms with Crippen molar-refractivity contribution < 1.29 is 18.4 Å². The molecule has 2 heterocycles. The molecule has 0 atom stereocenters. The van der Waals surface area contributed by atoms with Crippen molar-refractivity contribution in [1.82, 2.24) is 9.80 Å². The van der Waals surface area contributed by atoms with Crippen LogP contribution in [0.2, 0.25) is 0 Å². The first-order chi connectivity index (χ1) is 16.4. The second kappa shape index (κ2) is 11.2. The van der Waals surface area contributed by atoms with Crippen molar-refractivity contribution in [3.05, 3.63) is 54.1 Å². The Morgan fingerprint density at radius 3 is 2.18 bits per heavy atom. The number of carbonyl (C=O) groups excluding carboxylic acids is 2. The highest BCUT2D eigenvalue weighted by Gasteiger charge is 2.32. The van der Waals surface area contributed by atoms with E-state index in [9.17, 15) is 18.4 Å². The van der Waals surface area contributed by atoms with Gasteiger partial charge in [0.05, 0.1) is 11.3 Å². The number of para-hydroxylation sites is 1. The van der Waals surface area contributed by atoms with E-state index in [1.807, 2.05) is 28.0 Å². The largest absolute Gasteiger partial charge is 0.355 e. The van der Waals surface area contributed by atoms with E-state index >= 15 is 0 Å². The van der Waals surface area contributed by atoms with Gasteiger partial charge in [0.1, 0.15) is 0 Å². The van der Waals surface area contributed by atoms with Crippen LogP contribution in [0.1, 0.15) is 43.0 Å². The lowest BCUT2D eigenvalue weighted by molar-refractivity contribution is -0.138. The molecule has 0 saturated carbocycles. The van der Waals surface area contributed by atoms with Crippen molar-refractivity contribution in [1.29, 1.82) is 0 Å². The zero-order valence-corrected chi connectivity index (χ0v) is 20.2. The Kier molecular flexibility index (Phi) is 8.08. The van der Waals surface area contributed by atoms with Gasteiger partial charge in [-0.15, -0.1) is 0 Å². The van der Waals surface area contributed by atoms with Crippen LogP contribution in [-0.4, -0.2) is 53.6 Å². The van der Waals surface area contributed by atoms with Gasteiger partial charge in [-0.25, -0.2) is 0 Å². The number of amides is 2. The number of piperidine rings is 2. The summed E-state index contributed by atoms with van der Waals surface area (Å²) in [7, 11) is 0. The second-order valence-electron chi connectivity index (χ2n) is 9.15. The van der Waals surface area contributed by atoms with Gasteiger partial charge in [-0.2, -0.15) is 8.78 Å². The fourth-order valence-corrected chi connectivity index (χ4v) is 5.14. The van der Waals surface area contributed by atoms with Gasteiger partial charge in [0.2, 0.25) is 5.91 Å². The van der Waals surface area contributed by atoms with E-state index in [-0.39, 0.29) is 17.7 Å². The molecule has 0 unspecified atom stereocenters. The highest BCUT2D eigenvalue weighted by Crippen LogP contribution is 2.29. The molecule has 2 amide bonds. The van der Waals surface area contributed by atoms with Gasteiger partial charge in [0.25, 0.3) is 11.7 Å². The van der Waals surface area contributed by atoms with Crippen LogP contribution in [0.4, 0.5) is 20.2 Å². The SMILES string of the molecule is CC1CCN(C(=O)C2CCN(C(=O)c3ccccc3Nc3ccc(SC(F)F)cc3)CC2)CC1. The van der Waals surface area contributed by atoms with Crippen LogP contribution in [0.25, 0.3) is 0 Å². The fraction of sp³-hybridized carbons (Fsp3) is 0.462. The molecule has 34 heavy (non-hydrogen) atoms. The van der Waals surface area contributed by atoms with E-state index in [1.54, 1.807) is 30.3 Å². The smallest absolute Gasteiger partial charge is 0.288 e. The van der Waals surface area contributed by atoms with Crippen LogP contribution >= 0.6 is 11.8 Å². The molecule has 0 bridgehead atoms. The number of hydrogen-bond donors (Lipinski definition) is 1. The minimum atomic E-state index is -2.46. The molecule has 0 radical (unpaired) electrons. The monoisotopic (exact) mass is 487 g/mol. The van der Waals surface area contributed by atoms with E-state index in [0.29, 0.717) is 59.8 Å². The number of halogens is 2.